The SMILES string of the molecule is c1ccc(N(c2ccc(-c3ccc(N(c4ccccc4)c4ccc5sc6ccccc6c5c4)cc3)cc2)c2ccc(C34CC5CC6CC(C3)C54C6)cc2)cc1. The highest BCUT2D eigenvalue weighted by Crippen LogP contribution is 2.86. The topological polar surface area (TPSA) is 6.48 Å². The first-order chi connectivity index (χ1) is 27.2. The number of thiophene rings is 1. The molecule has 0 radical (unpaired) electrons. The summed E-state index contributed by atoms with van der Waals surface area (Å²) < 4.78 is 2.65. The standard InChI is InChI=1S/C52H42N2S/c1-3-9-41(10-4-1)53(45-25-19-38(20-26-45)51-33-39-29-35-30-40(34-51)52(39,51)32-35)43-21-15-36(16-22-43)37-17-23-44(24-18-37)54(42-11-5-2-6-12-42)46-27-28-50-48(31-46)47-13-7-8-14-49(47)55-50/h1-28,31,35,39-40H,29-30,32-34H2. The summed E-state index contributed by atoms with van der Waals surface area (Å²) in [4.78, 5) is 4.78. The van der Waals surface area contributed by atoms with Gasteiger partial charge in [0, 0.05) is 59.7 Å². The molecule has 3 heteroatoms. The van der Waals surface area contributed by atoms with Gasteiger partial charge in [-0.3, -0.25) is 0 Å². The Labute approximate surface area is 327 Å². The minimum absolute atomic E-state index is 0.464. The minimum atomic E-state index is 0.464. The van der Waals surface area contributed by atoms with Crippen LogP contribution in [0.15, 0.2) is 176 Å². The maximum absolute atomic E-state index is 2.48. The van der Waals surface area contributed by atoms with Gasteiger partial charge in [0.1, 0.15) is 0 Å². The summed E-state index contributed by atoms with van der Waals surface area (Å²) in [6.45, 7) is 0. The maximum Gasteiger partial charge on any atom is 0.0468 e. The first-order valence-electron chi connectivity index (χ1n) is 20.1. The molecule has 4 saturated carbocycles. The summed E-state index contributed by atoms with van der Waals surface area (Å²) in [5.41, 5.74) is 12.1. The summed E-state index contributed by atoms with van der Waals surface area (Å²) in [5, 5.41) is 2.62. The van der Waals surface area contributed by atoms with Crippen molar-refractivity contribution >= 4 is 65.6 Å². The lowest BCUT2D eigenvalue weighted by atomic mass is 9.29. The zero-order valence-electron chi connectivity index (χ0n) is 30.8. The summed E-state index contributed by atoms with van der Waals surface area (Å²) in [6, 6.07) is 65.0. The largest absolute Gasteiger partial charge is 0.311 e. The molecule has 55 heavy (non-hydrogen) atoms. The first-order valence-corrected chi connectivity index (χ1v) is 20.9. The van der Waals surface area contributed by atoms with E-state index in [1.54, 1.807) is 5.56 Å². The molecule has 2 unspecified atom stereocenters. The van der Waals surface area contributed by atoms with Crippen LogP contribution in [0.4, 0.5) is 34.1 Å². The molecule has 0 N–H and O–H groups in total. The van der Waals surface area contributed by atoms with Gasteiger partial charge in [-0.2, -0.15) is 0 Å². The third kappa shape index (κ3) is 4.60. The smallest absolute Gasteiger partial charge is 0.0468 e. The Hall–Kier alpha value is -5.64. The van der Waals surface area contributed by atoms with Crippen molar-refractivity contribution in [2.24, 2.45) is 23.2 Å². The Kier molecular flexibility index (Phi) is 6.87. The fourth-order valence-corrected chi connectivity index (χ4v) is 13.2. The van der Waals surface area contributed by atoms with Crippen molar-refractivity contribution in [1.29, 1.82) is 0 Å². The highest BCUT2D eigenvalue weighted by Gasteiger charge is 2.81. The molecule has 7 aromatic carbocycles. The second-order valence-electron chi connectivity index (χ2n) is 16.7. The van der Waals surface area contributed by atoms with Gasteiger partial charge in [0.15, 0.2) is 0 Å². The fourth-order valence-electron chi connectivity index (χ4n) is 12.1. The molecule has 2 nitrogen and oxygen atoms in total. The molecular weight excluding hydrogens is 685 g/mol. The van der Waals surface area contributed by atoms with Crippen molar-refractivity contribution in [3.05, 3.63) is 181 Å². The minimum Gasteiger partial charge on any atom is -0.311 e. The highest BCUT2D eigenvalue weighted by molar-refractivity contribution is 7.25. The summed E-state index contributed by atoms with van der Waals surface area (Å²) >= 11 is 1.86. The van der Waals surface area contributed by atoms with E-state index in [1.807, 2.05) is 11.3 Å². The van der Waals surface area contributed by atoms with Crippen LogP contribution in [-0.2, 0) is 5.41 Å². The predicted molar refractivity (Wildman–Crippen MR) is 232 cm³/mol. The van der Waals surface area contributed by atoms with Crippen LogP contribution in [0.2, 0.25) is 0 Å². The van der Waals surface area contributed by atoms with E-state index in [2.05, 4.69) is 186 Å². The van der Waals surface area contributed by atoms with Crippen molar-refractivity contribution in [2.75, 3.05) is 9.80 Å². The molecule has 1 aromatic heterocycles. The van der Waals surface area contributed by atoms with Crippen molar-refractivity contribution in [1.82, 2.24) is 0 Å². The van der Waals surface area contributed by atoms with Gasteiger partial charge in [0.2, 0.25) is 0 Å². The van der Waals surface area contributed by atoms with Gasteiger partial charge in [-0.15, -0.1) is 11.3 Å². The van der Waals surface area contributed by atoms with Crippen LogP contribution in [0.3, 0.4) is 0 Å². The molecule has 0 amide bonds. The van der Waals surface area contributed by atoms with Crippen molar-refractivity contribution in [2.45, 2.75) is 37.5 Å². The van der Waals surface area contributed by atoms with Gasteiger partial charge < -0.3 is 9.80 Å². The molecule has 2 bridgehead atoms. The lowest BCUT2D eigenvalue weighted by molar-refractivity contribution is -0.205. The van der Waals surface area contributed by atoms with Gasteiger partial charge in [-0.25, -0.2) is 0 Å². The monoisotopic (exact) mass is 726 g/mol. The maximum atomic E-state index is 2.48. The van der Waals surface area contributed by atoms with E-state index >= 15 is 0 Å². The summed E-state index contributed by atoms with van der Waals surface area (Å²) in [7, 11) is 0. The quantitative estimate of drug-likeness (QED) is 0.154. The zero-order valence-corrected chi connectivity index (χ0v) is 31.6. The number of nitrogens with zero attached hydrogens (tertiary/aromatic N) is 2. The summed E-state index contributed by atoms with van der Waals surface area (Å²) in [5.74, 6) is 3.03. The van der Waals surface area contributed by atoms with Gasteiger partial charge >= 0.3 is 0 Å². The second-order valence-corrected chi connectivity index (χ2v) is 17.8. The van der Waals surface area contributed by atoms with E-state index in [9.17, 15) is 0 Å². The predicted octanol–water partition coefficient (Wildman–Crippen LogP) is 14.7. The van der Waals surface area contributed by atoms with E-state index in [1.165, 1.54) is 80.5 Å². The molecule has 4 aliphatic rings. The Morgan fingerprint density at radius 1 is 0.418 bits per heavy atom. The molecule has 1 heterocycles. The van der Waals surface area contributed by atoms with Crippen molar-refractivity contribution < 1.29 is 0 Å². The first kappa shape index (κ1) is 31.7. The average Bonchev–Trinajstić information content (AvgIpc) is 3.90. The number of hydrogen-bond acceptors (Lipinski definition) is 3. The molecule has 266 valence electrons. The van der Waals surface area contributed by atoms with Gasteiger partial charge in [0.05, 0.1) is 0 Å². The third-order valence-corrected chi connectivity index (χ3v) is 15.5. The van der Waals surface area contributed by atoms with E-state index in [-0.39, 0.29) is 0 Å². The highest BCUT2D eigenvalue weighted by atomic mass is 32.1. The summed E-state index contributed by atoms with van der Waals surface area (Å²) in [6.07, 6.45) is 7.38. The van der Waals surface area contributed by atoms with Gasteiger partial charge in [0.25, 0.3) is 0 Å². The third-order valence-electron chi connectivity index (χ3n) is 14.3. The number of rotatable bonds is 8. The van der Waals surface area contributed by atoms with Crippen molar-refractivity contribution in [3.63, 3.8) is 0 Å². The molecule has 1 spiro atoms. The van der Waals surface area contributed by atoms with Gasteiger partial charge in [-0.1, -0.05) is 91.0 Å². The lowest BCUT2D eigenvalue weighted by Gasteiger charge is -2.75. The number of anilines is 6. The molecule has 2 atom stereocenters. The van der Waals surface area contributed by atoms with Crippen LogP contribution in [-0.4, -0.2) is 0 Å². The number of hydrogen-bond donors (Lipinski definition) is 0. The molecular formula is C52H42N2S. The number of benzene rings is 7. The van der Waals surface area contributed by atoms with Crippen LogP contribution in [0.1, 0.15) is 37.7 Å². The van der Waals surface area contributed by atoms with Crippen LogP contribution in [0.25, 0.3) is 31.3 Å². The second kappa shape index (κ2) is 11.9. The molecule has 12 rings (SSSR count). The van der Waals surface area contributed by atoms with E-state index in [0.29, 0.717) is 10.8 Å². The van der Waals surface area contributed by atoms with Crippen LogP contribution >= 0.6 is 11.3 Å². The van der Waals surface area contributed by atoms with Crippen molar-refractivity contribution in [3.8, 4) is 11.1 Å². The Bertz CT molecular complexity index is 2680. The average molecular weight is 727 g/mol. The molecule has 4 aliphatic carbocycles. The number of para-hydroxylation sites is 2. The molecule has 8 aromatic rings. The van der Waals surface area contributed by atoms with E-state index < -0.39 is 0 Å². The fraction of sp³-hybridized carbons (Fsp3) is 0.192. The Balaban J connectivity index is 0.850. The van der Waals surface area contributed by atoms with Gasteiger partial charge in [-0.05, 0) is 157 Å². The van der Waals surface area contributed by atoms with Crippen LogP contribution in [0, 0.1) is 23.2 Å². The molecule has 0 aliphatic heterocycles. The normalized spacial score (nSPS) is 24.3. The van der Waals surface area contributed by atoms with E-state index in [0.717, 1.165) is 34.8 Å². The van der Waals surface area contributed by atoms with Crippen LogP contribution in [0.5, 0.6) is 0 Å². The van der Waals surface area contributed by atoms with Crippen LogP contribution < -0.4 is 9.80 Å². The molecule has 4 fully saturated rings. The Morgan fingerprint density at radius 2 is 0.891 bits per heavy atom. The Morgan fingerprint density at radius 3 is 1.47 bits per heavy atom. The number of fused-ring (bicyclic) bond motifs is 4. The lowest BCUT2D eigenvalue weighted by Crippen LogP contribution is -2.70. The molecule has 0 saturated heterocycles. The van der Waals surface area contributed by atoms with E-state index in [4.69, 9.17) is 0 Å². The zero-order chi connectivity index (χ0) is 36.1.